The fourth-order valence-corrected chi connectivity index (χ4v) is 2.30. The number of esters is 1. The molecule has 0 saturated carbocycles. The largest absolute Gasteiger partial charge is 0.459 e. The Morgan fingerprint density at radius 1 is 1.33 bits per heavy atom. The molecule has 2 N–H and O–H groups in total. The average molecular weight is 296 g/mol. The van der Waals surface area contributed by atoms with Crippen LogP contribution in [0, 0.1) is 0 Å². The number of hydrogen-bond donors (Lipinski definition) is 2. The van der Waals surface area contributed by atoms with E-state index in [0.717, 1.165) is 0 Å². The maximum Gasteiger partial charge on any atom is 0.338 e. The monoisotopic (exact) mass is 296 g/mol. The van der Waals surface area contributed by atoms with E-state index in [1.165, 1.54) is 14.0 Å². The van der Waals surface area contributed by atoms with Crippen LogP contribution in [0.4, 0.5) is 0 Å². The second-order valence-corrected chi connectivity index (χ2v) is 5.25. The number of rotatable bonds is 5. The zero-order chi connectivity index (χ0) is 15.5. The number of hydrogen-bond acceptors (Lipinski definition) is 6. The van der Waals surface area contributed by atoms with Gasteiger partial charge in [0.2, 0.25) is 0 Å². The van der Waals surface area contributed by atoms with Crippen LogP contribution in [0.15, 0.2) is 30.3 Å². The Kier molecular flexibility index (Phi) is 4.95. The van der Waals surface area contributed by atoms with Gasteiger partial charge in [-0.3, -0.25) is 0 Å². The summed E-state index contributed by atoms with van der Waals surface area (Å²) in [6.07, 6.45) is -2.55. The minimum atomic E-state index is -1.50. The standard InChI is InChI=1S/C15H20O6/c1-15(18)12(21-11(8-19-2)13(15)16)9-20-14(17)10-6-4-3-5-7-10/h3-7,11-13,16,18H,8-9H2,1-2H3/t11-,12+,13?,15?/m0/s1. The summed E-state index contributed by atoms with van der Waals surface area (Å²) in [6.45, 7) is 1.47. The minimum Gasteiger partial charge on any atom is -0.459 e. The first-order valence-corrected chi connectivity index (χ1v) is 6.73. The maximum atomic E-state index is 11.9. The molecule has 0 bridgehead atoms. The summed E-state index contributed by atoms with van der Waals surface area (Å²) in [6, 6.07) is 8.54. The number of ether oxygens (including phenoxy) is 3. The first-order chi connectivity index (χ1) is 9.96. The zero-order valence-corrected chi connectivity index (χ0v) is 12.1. The molecule has 2 rings (SSSR count). The van der Waals surface area contributed by atoms with Crippen molar-refractivity contribution in [3.63, 3.8) is 0 Å². The molecule has 1 aromatic rings. The van der Waals surface area contributed by atoms with Gasteiger partial charge >= 0.3 is 5.97 Å². The van der Waals surface area contributed by atoms with E-state index >= 15 is 0 Å². The molecule has 1 fully saturated rings. The lowest BCUT2D eigenvalue weighted by Crippen LogP contribution is -2.47. The van der Waals surface area contributed by atoms with Gasteiger partial charge in [-0.2, -0.15) is 0 Å². The van der Waals surface area contributed by atoms with E-state index in [2.05, 4.69) is 0 Å². The summed E-state index contributed by atoms with van der Waals surface area (Å²) in [5.74, 6) is -0.500. The molecule has 116 valence electrons. The molecule has 0 aliphatic carbocycles. The van der Waals surface area contributed by atoms with Crippen LogP contribution < -0.4 is 0 Å². The lowest BCUT2D eigenvalue weighted by molar-refractivity contribution is -0.0836. The molecule has 1 aromatic carbocycles. The Labute approximate surface area is 123 Å². The number of aliphatic hydroxyl groups is 2. The quantitative estimate of drug-likeness (QED) is 0.764. The second kappa shape index (κ2) is 6.53. The highest BCUT2D eigenvalue weighted by Gasteiger charge is 2.52. The molecule has 6 nitrogen and oxygen atoms in total. The average Bonchev–Trinajstić information content (AvgIpc) is 2.69. The summed E-state index contributed by atoms with van der Waals surface area (Å²) in [7, 11) is 1.48. The lowest BCUT2D eigenvalue weighted by Gasteiger charge is -2.26. The molecule has 1 aliphatic rings. The molecular weight excluding hydrogens is 276 g/mol. The molecule has 4 atom stereocenters. The molecular formula is C15H20O6. The minimum absolute atomic E-state index is 0.141. The van der Waals surface area contributed by atoms with Crippen LogP contribution in [0.25, 0.3) is 0 Å². The summed E-state index contributed by atoms with van der Waals surface area (Å²) in [5.41, 5.74) is -1.08. The Morgan fingerprint density at radius 2 is 2.00 bits per heavy atom. The highest BCUT2D eigenvalue weighted by atomic mass is 16.6. The molecule has 2 unspecified atom stereocenters. The predicted octanol–water partition coefficient (Wildman–Crippen LogP) is 0.369. The maximum absolute atomic E-state index is 11.9. The summed E-state index contributed by atoms with van der Waals surface area (Å²) < 4.78 is 15.6. The van der Waals surface area contributed by atoms with Crippen molar-refractivity contribution >= 4 is 5.97 Å². The Balaban J connectivity index is 1.95. The van der Waals surface area contributed by atoms with Crippen molar-refractivity contribution in [2.75, 3.05) is 20.3 Å². The Bertz CT molecular complexity index is 472. The van der Waals surface area contributed by atoms with Gasteiger partial charge in [-0.25, -0.2) is 4.79 Å². The van der Waals surface area contributed by atoms with Crippen LogP contribution in [0.2, 0.25) is 0 Å². The molecule has 0 radical (unpaired) electrons. The van der Waals surface area contributed by atoms with E-state index < -0.39 is 29.9 Å². The van der Waals surface area contributed by atoms with Gasteiger partial charge < -0.3 is 24.4 Å². The van der Waals surface area contributed by atoms with Gasteiger partial charge in [-0.15, -0.1) is 0 Å². The van der Waals surface area contributed by atoms with Gasteiger partial charge in [0.15, 0.2) is 0 Å². The topological polar surface area (TPSA) is 85.2 Å². The van der Waals surface area contributed by atoms with Gasteiger partial charge in [-0.05, 0) is 19.1 Å². The SMILES string of the molecule is COC[C@@H]1O[C@H](COC(=O)c2ccccc2)C(C)(O)C1O. The number of benzene rings is 1. The van der Waals surface area contributed by atoms with Crippen LogP contribution in [0.3, 0.4) is 0 Å². The van der Waals surface area contributed by atoms with E-state index in [1.54, 1.807) is 30.3 Å². The Morgan fingerprint density at radius 3 is 2.62 bits per heavy atom. The number of carbonyl (C=O) groups excluding carboxylic acids is 1. The van der Waals surface area contributed by atoms with Gasteiger partial charge in [0.05, 0.1) is 12.2 Å². The summed E-state index contributed by atoms with van der Waals surface area (Å²) in [4.78, 5) is 11.9. The summed E-state index contributed by atoms with van der Waals surface area (Å²) >= 11 is 0. The number of carbonyl (C=O) groups is 1. The molecule has 1 heterocycles. The van der Waals surface area contributed by atoms with Crippen molar-refractivity contribution in [2.45, 2.75) is 30.8 Å². The van der Waals surface area contributed by atoms with Crippen LogP contribution in [0.1, 0.15) is 17.3 Å². The van der Waals surface area contributed by atoms with E-state index in [4.69, 9.17) is 14.2 Å². The fourth-order valence-electron chi connectivity index (χ4n) is 2.30. The summed E-state index contributed by atoms with van der Waals surface area (Å²) in [5, 5.41) is 20.3. The molecule has 21 heavy (non-hydrogen) atoms. The van der Waals surface area contributed by atoms with E-state index in [1.807, 2.05) is 0 Å². The third kappa shape index (κ3) is 3.41. The van der Waals surface area contributed by atoms with Crippen molar-refractivity contribution in [3.8, 4) is 0 Å². The number of aliphatic hydroxyl groups excluding tert-OH is 1. The van der Waals surface area contributed by atoms with Crippen molar-refractivity contribution < 1.29 is 29.2 Å². The van der Waals surface area contributed by atoms with E-state index in [0.29, 0.717) is 5.56 Å². The van der Waals surface area contributed by atoms with Crippen molar-refractivity contribution in [1.82, 2.24) is 0 Å². The predicted molar refractivity (Wildman–Crippen MR) is 73.9 cm³/mol. The first-order valence-electron chi connectivity index (χ1n) is 6.73. The molecule has 0 spiro atoms. The molecule has 1 saturated heterocycles. The van der Waals surface area contributed by atoms with Gasteiger partial charge in [0, 0.05) is 7.11 Å². The van der Waals surface area contributed by atoms with Crippen LogP contribution >= 0.6 is 0 Å². The normalized spacial score (nSPS) is 32.1. The lowest BCUT2D eigenvalue weighted by atomic mass is 9.93. The van der Waals surface area contributed by atoms with Gasteiger partial charge in [-0.1, -0.05) is 18.2 Å². The van der Waals surface area contributed by atoms with Crippen molar-refractivity contribution in [3.05, 3.63) is 35.9 Å². The van der Waals surface area contributed by atoms with E-state index in [9.17, 15) is 15.0 Å². The fraction of sp³-hybridized carbons (Fsp3) is 0.533. The third-order valence-electron chi connectivity index (χ3n) is 3.65. The van der Waals surface area contributed by atoms with Crippen LogP contribution in [0.5, 0.6) is 0 Å². The number of methoxy groups -OCH3 is 1. The Hall–Kier alpha value is -1.47. The van der Waals surface area contributed by atoms with Crippen molar-refractivity contribution in [1.29, 1.82) is 0 Å². The molecule has 0 amide bonds. The van der Waals surface area contributed by atoms with Crippen molar-refractivity contribution in [2.24, 2.45) is 0 Å². The molecule has 1 aliphatic heterocycles. The molecule has 6 heteroatoms. The van der Waals surface area contributed by atoms with Gasteiger partial charge in [0.25, 0.3) is 0 Å². The highest BCUT2D eigenvalue weighted by molar-refractivity contribution is 5.89. The smallest absolute Gasteiger partial charge is 0.338 e. The van der Waals surface area contributed by atoms with Crippen LogP contribution in [-0.4, -0.2) is 60.4 Å². The van der Waals surface area contributed by atoms with Crippen LogP contribution in [-0.2, 0) is 14.2 Å². The van der Waals surface area contributed by atoms with Gasteiger partial charge in [0.1, 0.15) is 30.5 Å². The third-order valence-corrected chi connectivity index (χ3v) is 3.65. The molecule has 0 aromatic heterocycles. The first kappa shape index (κ1) is 15.9. The highest BCUT2D eigenvalue weighted by Crippen LogP contribution is 2.31. The second-order valence-electron chi connectivity index (χ2n) is 5.25. The van der Waals surface area contributed by atoms with E-state index in [-0.39, 0.29) is 13.2 Å². The zero-order valence-electron chi connectivity index (χ0n) is 12.1.